The van der Waals surface area contributed by atoms with E-state index in [0.717, 1.165) is 24.2 Å². The molecule has 1 aliphatic rings. The summed E-state index contributed by atoms with van der Waals surface area (Å²) in [4.78, 5) is 12.0. The van der Waals surface area contributed by atoms with Gasteiger partial charge in [0.15, 0.2) is 0 Å². The molecular weight excluding hydrogens is 236 g/mol. The van der Waals surface area contributed by atoms with Crippen molar-refractivity contribution in [2.24, 2.45) is 5.92 Å². The fraction of sp³-hybridized carbons (Fsp3) is 0.312. The second kappa shape index (κ2) is 5.31. The molecule has 1 aromatic heterocycles. The van der Waals surface area contributed by atoms with Crippen molar-refractivity contribution in [2.45, 2.75) is 25.7 Å². The molecule has 1 N–H and O–H groups in total. The molecule has 0 radical (unpaired) electrons. The summed E-state index contributed by atoms with van der Waals surface area (Å²) in [5.74, 6) is 0.385. The number of amides is 1. The van der Waals surface area contributed by atoms with Crippen molar-refractivity contribution in [2.75, 3.05) is 5.32 Å². The van der Waals surface area contributed by atoms with Gasteiger partial charge in [0, 0.05) is 29.7 Å². The Morgan fingerprint density at radius 2 is 1.68 bits per heavy atom. The monoisotopic (exact) mass is 254 g/mol. The summed E-state index contributed by atoms with van der Waals surface area (Å²) in [5.41, 5.74) is 1.98. The summed E-state index contributed by atoms with van der Waals surface area (Å²) in [6, 6.07) is 11.9. The zero-order chi connectivity index (χ0) is 13.1. The van der Waals surface area contributed by atoms with Gasteiger partial charge < -0.3 is 9.88 Å². The first kappa shape index (κ1) is 12.0. The highest BCUT2D eigenvalue weighted by Crippen LogP contribution is 2.26. The van der Waals surface area contributed by atoms with E-state index in [-0.39, 0.29) is 11.8 Å². The summed E-state index contributed by atoms with van der Waals surface area (Å²) in [5, 5.41) is 3.01. The molecule has 1 aliphatic carbocycles. The Labute approximate surface area is 113 Å². The summed E-state index contributed by atoms with van der Waals surface area (Å²) >= 11 is 0. The maximum Gasteiger partial charge on any atom is 0.227 e. The Morgan fingerprint density at radius 1 is 1.05 bits per heavy atom. The van der Waals surface area contributed by atoms with Crippen molar-refractivity contribution in [1.82, 2.24) is 4.57 Å². The number of benzene rings is 1. The van der Waals surface area contributed by atoms with Crippen LogP contribution in [-0.4, -0.2) is 10.5 Å². The fourth-order valence-corrected chi connectivity index (χ4v) is 2.66. The number of nitrogens with one attached hydrogen (secondary N) is 1. The predicted octanol–water partition coefficient (Wildman–Crippen LogP) is 3.61. The first-order chi connectivity index (χ1) is 9.33. The standard InChI is InChI=1S/C16H18N2O/c19-16(13-5-1-2-6-13)17-14-7-9-15(10-8-14)18-11-3-4-12-18/h3-4,7-13H,1-2,5-6H2,(H,17,19). The molecule has 0 bridgehead atoms. The third-order valence-corrected chi connectivity index (χ3v) is 3.76. The van der Waals surface area contributed by atoms with Gasteiger partial charge in [-0.3, -0.25) is 4.79 Å². The topological polar surface area (TPSA) is 34.0 Å². The fourth-order valence-electron chi connectivity index (χ4n) is 2.66. The highest BCUT2D eigenvalue weighted by atomic mass is 16.1. The molecule has 0 atom stereocenters. The van der Waals surface area contributed by atoms with Gasteiger partial charge in [-0.1, -0.05) is 12.8 Å². The van der Waals surface area contributed by atoms with Gasteiger partial charge in [-0.05, 0) is 49.2 Å². The van der Waals surface area contributed by atoms with E-state index >= 15 is 0 Å². The number of carbonyl (C=O) groups excluding carboxylic acids is 1. The van der Waals surface area contributed by atoms with Crippen LogP contribution in [0.15, 0.2) is 48.8 Å². The summed E-state index contributed by atoms with van der Waals surface area (Å²) in [6.45, 7) is 0. The molecule has 0 unspecified atom stereocenters. The lowest BCUT2D eigenvalue weighted by atomic mass is 10.1. The number of carbonyl (C=O) groups is 1. The van der Waals surface area contributed by atoms with E-state index in [1.165, 1.54) is 12.8 Å². The Hall–Kier alpha value is -2.03. The number of rotatable bonds is 3. The van der Waals surface area contributed by atoms with E-state index in [1.54, 1.807) is 0 Å². The van der Waals surface area contributed by atoms with E-state index < -0.39 is 0 Å². The van der Waals surface area contributed by atoms with E-state index in [2.05, 4.69) is 5.32 Å². The zero-order valence-corrected chi connectivity index (χ0v) is 10.9. The average molecular weight is 254 g/mol. The molecule has 1 amide bonds. The van der Waals surface area contributed by atoms with Crippen LogP contribution in [0.1, 0.15) is 25.7 Å². The summed E-state index contributed by atoms with van der Waals surface area (Å²) < 4.78 is 2.04. The van der Waals surface area contributed by atoms with E-state index in [4.69, 9.17) is 0 Å². The van der Waals surface area contributed by atoms with Crippen LogP contribution >= 0.6 is 0 Å². The molecule has 3 heteroatoms. The lowest BCUT2D eigenvalue weighted by Crippen LogP contribution is -2.20. The maximum absolute atomic E-state index is 12.0. The number of nitrogens with zero attached hydrogens (tertiary/aromatic N) is 1. The van der Waals surface area contributed by atoms with Crippen molar-refractivity contribution in [1.29, 1.82) is 0 Å². The molecule has 2 aromatic rings. The van der Waals surface area contributed by atoms with Gasteiger partial charge in [0.25, 0.3) is 0 Å². The quantitative estimate of drug-likeness (QED) is 0.892. The van der Waals surface area contributed by atoms with Gasteiger partial charge in [0.1, 0.15) is 0 Å². The van der Waals surface area contributed by atoms with E-state index in [0.29, 0.717) is 0 Å². The van der Waals surface area contributed by atoms with Crippen molar-refractivity contribution >= 4 is 11.6 Å². The van der Waals surface area contributed by atoms with Crippen LogP contribution in [0.4, 0.5) is 5.69 Å². The van der Waals surface area contributed by atoms with Gasteiger partial charge in [0.2, 0.25) is 5.91 Å². The molecule has 1 heterocycles. The number of anilines is 1. The van der Waals surface area contributed by atoms with Crippen LogP contribution in [0.5, 0.6) is 0 Å². The van der Waals surface area contributed by atoms with Gasteiger partial charge in [-0.2, -0.15) is 0 Å². The third-order valence-electron chi connectivity index (χ3n) is 3.76. The predicted molar refractivity (Wildman–Crippen MR) is 76.4 cm³/mol. The van der Waals surface area contributed by atoms with Crippen molar-refractivity contribution in [3.8, 4) is 5.69 Å². The Kier molecular flexibility index (Phi) is 3.36. The minimum absolute atomic E-state index is 0.172. The molecule has 98 valence electrons. The molecule has 1 fully saturated rings. The SMILES string of the molecule is O=C(Nc1ccc(-n2cccc2)cc1)C1CCCC1. The minimum atomic E-state index is 0.172. The highest BCUT2D eigenvalue weighted by molar-refractivity contribution is 5.92. The molecular formula is C16H18N2O. The van der Waals surface area contributed by atoms with Gasteiger partial charge >= 0.3 is 0 Å². The molecule has 3 nitrogen and oxygen atoms in total. The molecule has 1 saturated carbocycles. The highest BCUT2D eigenvalue weighted by Gasteiger charge is 2.22. The second-order valence-corrected chi connectivity index (χ2v) is 5.11. The normalized spacial score (nSPS) is 15.6. The molecule has 1 aromatic carbocycles. The van der Waals surface area contributed by atoms with Crippen molar-refractivity contribution in [3.63, 3.8) is 0 Å². The van der Waals surface area contributed by atoms with Crippen LogP contribution in [0, 0.1) is 5.92 Å². The lowest BCUT2D eigenvalue weighted by Gasteiger charge is -2.11. The second-order valence-electron chi connectivity index (χ2n) is 5.11. The van der Waals surface area contributed by atoms with Crippen LogP contribution in [0.25, 0.3) is 5.69 Å². The number of aromatic nitrogens is 1. The Morgan fingerprint density at radius 3 is 2.32 bits per heavy atom. The third kappa shape index (κ3) is 2.70. The van der Waals surface area contributed by atoms with Crippen molar-refractivity contribution < 1.29 is 4.79 Å². The molecule has 0 saturated heterocycles. The molecule has 19 heavy (non-hydrogen) atoms. The number of hydrogen-bond donors (Lipinski definition) is 1. The number of hydrogen-bond acceptors (Lipinski definition) is 1. The maximum atomic E-state index is 12.0. The van der Waals surface area contributed by atoms with Crippen LogP contribution in [0.3, 0.4) is 0 Å². The summed E-state index contributed by atoms with van der Waals surface area (Å²) in [7, 11) is 0. The Bertz CT molecular complexity index is 537. The molecule has 3 rings (SSSR count). The zero-order valence-electron chi connectivity index (χ0n) is 10.9. The molecule has 0 aliphatic heterocycles. The largest absolute Gasteiger partial charge is 0.326 e. The average Bonchev–Trinajstić information content (AvgIpc) is 3.13. The van der Waals surface area contributed by atoms with Gasteiger partial charge in [-0.25, -0.2) is 0 Å². The van der Waals surface area contributed by atoms with Crippen molar-refractivity contribution in [3.05, 3.63) is 48.8 Å². The van der Waals surface area contributed by atoms with Crippen LogP contribution in [-0.2, 0) is 4.79 Å². The summed E-state index contributed by atoms with van der Waals surface area (Å²) in [6.07, 6.45) is 8.45. The van der Waals surface area contributed by atoms with E-state index in [9.17, 15) is 4.79 Å². The minimum Gasteiger partial charge on any atom is -0.326 e. The first-order valence-corrected chi connectivity index (χ1v) is 6.87. The lowest BCUT2D eigenvalue weighted by molar-refractivity contribution is -0.119. The smallest absolute Gasteiger partial charge is 0.227 e. The van der Waals surface area contributed by atoms with Gasteiger partial charge in [0.05, 0.1) is 0 Å². The van der Waals surface area contributed by atoms with Crippen LogP contribution in [0.2, 0.25) is 0 Å². The molecule has 0 spiro atoms. The Balaban J connectivity index is 1.67. The van der Waals surface area contributed by atoms with E-state index in [1.807, 2.05) is 53.4 Å². The van der Waals surface area contributed by atoms with Crippen LogP contribution < -0.4 is 5.32 Å². The van der Waals surface area contributed by atoms with Gasteiger partial charge in [-0.15, -0.1) is 0 Å². The first-order valence-electron chi connectivity index (χ1n) is 6.87.